The molecule has 9 rings (SSSR count). The number of aliphatic imine (C=N–C) groups is 1. The van der Waals surface area contributed by atoms with E-state index in [0.717, 1.165) is 107 Å². The number of rotatable bonds is 11. The second kappa shape index (κ2) is 16.5. The highest BCUT2D eigenvalue weighted by Gasteiger charge is 2.33. The van der Waals surface area contributed by atoms with Gasteiger partial charge in [-0.3, -0.25) is 0 Å². The highest BCUT2D eigenvalue weighted by molar-refractivity contribution is 6.42. The van der Waals surface area contributed by atoms with E-state index in [1.54, 1.807) is 21.3 Å². The summed E-state index contributed by atoms with van der Waals surface area (Å²) in [5.74, 6) is 2.26. The molecule has 286 valence electrons. The molecule has 0 fully saturated rings. The highest BCUT2D eigenvalue weighted by Crippen LogP contribution is 2.51. The Morgan fingerprint density at radius 1 is 0.407 bits per heavy atom. The number of aromatic nitrogens is 1. The molecule has 0 aliphatic carbocycles. The van der Waals surface area contributed by atoms with Crippen LogP contribution in [-0.2, 0) is 0 Å². The van der Waals surface area contributed by atoms with Crippen LogP contribution in [0.15, 0.2) is 205 Å². The van der Waals surface area contributed by atoms with Crippen LogP contribution in [0, 0.1) is 0 Å². The molecule has 0 amide bonds. The molecular weight excluding hydrogens is 725 g/mol. The number of allylic oxidation sites excluding steroid dienone is 2. The lowest BCUT2D eigenvalue weighted by atomic mass is 9.85. The first kappa shape index (κ1) is 37.0. The molecule has 0 unspecified atom stereocenters. The molecule has 5 heteroatoms. The van der Waals surface area contributed by atoms with Gasteiger partial charge in [0.05, 0.1) is 44.1 Å². The van der Waals surface area contributed by atoms with Crippen molar-refractivity contribution in [3.63, 3.8) is 0 Å². The first-order chi connectivity index (χ1) is 29.1. The summed E-state index contributed by atoms with van der Waals surface area (Å²) in [6, 6.07) is 67.0. The van der Waals surface area contributed by atoms with Gasteiger partial charge in [-0.15, -0.1) is 0 Å². The summed E-state index contributed by atoms with van der Waals surface area (Å²) in [7, 11) is 5.13. The zero-order valence-electron chi connectivity index (χ0n) is 33.1. The summed E-state index contributed by atoms with van der Waals surface area (Å²) in [6.07, 6.45) is 0. The SMILES string of the molecule is COc1cccc(C2=C(c3ccccc3)C(c3ccccc3)=N/C2=C(/c2cccc(OC)c2)c2[nH]c(-c3ccccc3)c(-c3ccccc3)c2-c2cccc(OC)c2)c1. The standard InChI is InChI=1S/C54H42N2O3/c1-57-43-30-16-27-40(33-43)48-46(36-19-8-4-9-20-36)51(38-23-12-6-13-24-38)55-53(48)50(42-29-18-32-45(35-42)59-3)54-49(41-28-17-31-44(34-41)58-2)47(37-21-10-5-11-22-37)52(56-54)39-25-14-7-15-26-39/h4-35,55H,1-3H3/b54-50-. The van der Waals surface area contributed by atoms with Crippen LogP contribution >= 0.6 is 0 Å². The smallest absolute Gasteiger partial charge is 0.119 e. The van der Waals surface area contributed by atoms with Crippen molar-refractivity contribution in [2.24, 2.45) is 4.99 Å². The first-order valence-corrected chi connectivity index (χ1v) is 19.6. The molecule has 8 aromatic rings. The normalized spacial score (nSPS) is 13.2. The first-order valence-electron chi connectivity index (χ1n) is 19.6. The van der Waals surface area contributed by atoms with Crippen molar-refractivity contribution in [3.8, 4) is 50.8 Å². The minimum Gasteiger partial charge on any atom is -0.497 e. The summed E-state index contributed by atoms with van der Waals surface area (Å²) < 4.78 is 17.7. The van der Waals surface area contributed by atoms with Gasteiger partial charge in [0, 0.05) is 33.4 Å². The van der Waals surface area contributed by atoms with E-state index in [1.807, 2.05) is 36.4 Å². The molecule has 59 heavy (non-hydrogen) atoms. The van der Waals surface area contributed by atoms with E-state index in [0.29, 0.717) is 0 Å². The second-order valence-electron chi connectivity index (χ2n) is 14.2. The molecule has 0 radical (unpaired) electrons. The zero-order chi connectivity index (χ0) is 40.1. The third-order valence-electron chi connectivity index (χ3n) is 10.7. The minimum absolute atomic E-state index is 0.738. The van der Waals surface area contributed by atoms with Gasteiger partial charge in [0.2, 0.25) is 0 Å². The second-order valence-corrected chi connectivity index (χ2v) is 14.2. The van der Waals surface area contributed by atoms with Crippen LogP contribution in [0.3, 0.4) is 0 Å². The number of aromatic amines is 1. The largest absolute Gasteiger partial charge is 0.497 e. The van der Waals surface area contributed by atoms with E-state index >= 15 is 0 Å². The molecule has 0 bridgehead atoms. The lowest BCUT2D eigenvalue weighted by Gasteiger charge is -2.18. The van der Waals surface area contributed by atoms with Crippen molar-refractivity contribution in [1.82, 2.24) is 4.98 Å². The van der Waals surface area contributed by atoms with E-state index in [9.17, 15) is 0 Å². The quantitative estimate of drug-likeness (QED) is 0.143. The fourth-order valence-corrected chi connectivity index (χ4v) is 8.04. The number of hydrogen-bond acceptors (Lipinski definition) is 4. The van der Waals surface area contributed by atoms with Gasteiger partial charge in [0.15, 0.2) is 0 Å². The van der Waals surface area contributed by atoms with Crippen molar-refractivity contribution in [2.75, 3.05) is 21.3 Å². The number of nitrogens with one attached hydrogen (secondary N) is 1. The lowest BCUT2D eigenvalue weighted by molar-refractivity contribution is 0.414. The highest BCUT2D eigenvalue weighted by atomic mass is 16.5. The predicted octanol–water partition coefficient (Wildman–Crippen LogP) is 12.9. The Hall–Kier alpha value is -7.63. The Morgan fingerprint density at radius 3 is 1.47 bits per heavy atom. The maximum atomic E-state index is 5.93. The Balaban J connectivity index is 1.51. The fraction of sp³-hybridized carbons (Fsp3) is 0.0556. The van der Waals surface area contributed by atoms with Gasteiger partial charge < -0.3 is 19.2 Å². The van der Waals surface area contributed by atoms with E-state index in [2.05, 4.69) is 163 Å². The zero-order valence-corrected chi connectivity index (χ0v) is 33.1. The summed E-state index contributed by atoms with van der Waals surface area (Å²) in [6.45, 7) is 0. The number of methoxy groups -OCH3 is 3. The molecule has 0 spiro atoms. The Morgan fingerprint density at radius 2 is 0.881 bits per heavy atom. The van der Waals surface area contributed by atoms with Crippen LogP contribution in [0.25, 0.3) is 50.2 Å². The van der Waals surface area contributed by atoms with E-state index in [4.69, 9.17) is 19.2 Å². The maximum absolute atomic E-state index is 5.93. The molecule has 0 saturated heterocycles. The van der Waals surface area contributed by atoms with Crippen LogP contribution < -0.4 is 14.2 Å². The number of hydrogen-bond donors (Lipinski definition) is 1. The number of benzene rings is 7. The van der Waals surface area contributed by atoms with Crippen molar-refractivity contribution in [1.29, 1.82) is 0 Å². The summed E-state index contributed by atoms with van der Waals surface area (Å²) in [5.41, 5.74) is 15.7. The van der Waals surface area contributed by atoms with Crippen LogP contribution in [0.1, 0.15) is 27.9 Å². The van der Waals surface area contributed by atoms with Crippen molar-refractivity contribution in [3.05, 3.63) is 228 Å². The van der Waals surface area contributed by atoms with Gasteiger partial charge in [-0.2, -0.15) is 0 Å². The summed E-state index contributed by atoms with van der Waals surface area (Å²) in [4.78, 5) is 9.85. The van der Waals surface area contributed by atoms with Crippen molar-refractivity contribution in [2.45, 2.75) is 0 Å². The van der Waals surface area contributed by atoms with Gasteiger partial charge >= 0.3 is 0 Å². The number of nitrogens with zero attached hydrogens (tertiary/aromatic N) is 1. The Labute approximate surface area is 345 Å². The topological polar surface area (TPSA) is 55.8 Å². The van der Waals surface area contributed by atoms with E-state index in [1.165, 1.54) is 0 Å². The molecule has 0 saturated carbocycles. The Bertz CT molecular complexity index is 2860. The summed E-state index contributed by atoms with van der Waals surface area (Å²) >= 11 is 0. The van der Waals surface area contributed by atoms with Gasteiger partial charge in [0.1, 0.15) is 17.2 Å². The van der Waals surface area contributed by atoms with Gasteiger partial charge in [-0.05, 0) is 69.8 Å². The van der Waals surface area contributed by atoms with E-state index < -0.39 is 0 Å². The molecule has 1 aliphatic heterocycles. The van der Waals surface area contributed by atoms with E-state index in [-0.39, 0.29) is 0 Å². The average Bonchev–Trinajstić information content (AvgIpc) is 3.91. The molecule has 1 aromatic heterocycles. The number of H-pyrrole nitrogens is 1. The van der Waals surface area contributed by atoms with Crippen molar-refractivity contribution < 1.29 is 14.2 Å². The molecule has 1 aliphatic rings. The maximum Gasteiger partial charge on any atom is 0.119 e. The fourth-order valence-electron chi connectivity index (χ4n) is 8.04. The average molecular weight is 767 g/mol. The number of ether oxygens (including phenoxy) is 3. The Kier molecular flexibility index (Phi) is 10.3. The van der Waals surface area contributed by atoms with Gasteiger partial charge in [-0.1, -0.05) is 158 Å². The third kappa shape index (κ3) is 7.15. The van der Waals surface area contributed by atoms with Crippen molar-refractivity contribution >= 4 is 22.4 Å². The molecule has 5 nitrogen and oxygen atoms in total. The lowest BCUT2D eigenvalue weighted by Crippen LogP contribution is -2.02. The van der Waals surface area contributed by atoms with Crippen LogP contribution in [0.4, 0.5) is 0 Å². The molecule has 2 heterocycles. The van der Waals surface area contributed by atoms with Crippen LogP contribution in [0.2, 0.25) is 0 Å². The molecule has 1 N–H and O–H groups in total. The molecular formula is C54H42N2O3. The summed E-state index contributed by atoms with van der Waals surface area (Å²) in [5, 5.41) is 0. The van der Waals surface area contributed by atoms with Gasteiger partial charge in [-0.25, -0.2) is 4.99 Å². The molecule has 7 aromatic carbocycles. The van der Waals surface area contributed by atoms with Crippen LogP contribution in [-0.4, -0.2) is 32.0 Å². The monoisotopic (exact) mass is 766 g/mol. The third-order valence-corrected chi connectivity index (χ3v) is 10.7. The van der Waals surface area contributed by atoms with Crippen LogP contribution in [0.5, 0.6) is 17.2 Å². The minimum atomic E-state index is 0.738. The van der Waals surface area contributed by atoms with Gasteiger partial charge in [0.25, 0.3) is 0 Å². The molecule has 0 atom stereocenters. The predicted molar refractivity (Wildman–Crippen MR) is 242 cm³/mol.